The van der Waals surface area contributed by atoms with Crippen LogP contribution in [0.25, 0.3) is 0 Å². The van der Waals surface area contributed by atoms with Gasteiger partial charge in [0.1, 0.15) is 5.75 Å². The number of carbonyl (C=O) groups excluding carboxylic acids is 3. The fourth-order valence-electron chi connectivity index (χ4n) is 3.26. The molecule has 28 heavy (non-hydrogen) atoms. The summed E-state index contributed by atoms with van der Waals surface area (Å²) in [5, 5.41) is 2.91. The molecule has 3 rings (SSSR count). The van der Waals surface area contributed by atoms with Crippen molar-refractivity contribution in [1.29, 1.82) is 0 Å². The highest BCUT2D eigenvalue weighted by Crippen LogP contribution is 2.29. The molecule has 1 aliphatic carbocycles. The molecule has 2 aromatic carbocycles. The Labute approximate surface area is 162 Å². The van der Waals surface area contributed by atoms with Crippen molar-refractivity contribution < 1.29 is 23.9 Å². The van der Waals surface area contributed by atoms with Gasteiger partial charge in [-0.05, 0) is 42.5 Å². The molecule has 0 bridgehead atoms. The molecule has 0 heterocycles. The van der Waals surface area contributed by atoms with Crippen LogP contribution in [0.2, 0.25) is 0 Å². The van der Waals surface area contributed by atoms with E-state index in [9.17, 15) is 14.4 Å². The standard InChI is InChI=1S/C21H22N2O5/c22-21(26)16-9-3-4-11-18(16)27-13-20(25)28-12-19(24)23-17-10-5-7-14-6-1-2-8-15(14)17/h1-4,6,8-9,11,17H,5,7,10,12-13H2,(H2,22,26)(H,23,24)/t17-/m0/s1. The Morgan fingerprint density at radius 1 is 1.04 bits per heavy atom. The van der Waals surface area contributed by atoms with Gasteiger partial charge in [-0.2, -0.15) is 0 Å². The summed E-state index contributed by atoms with van der Waals surface area (Å²) in [6, 6.07) is 14.3. The minimum atomic E-state index is -0.710. The van der Waals surface area contributed by atoms with Gasteiger partial charge in [-0.15, -0.1) is 0 Å². The topological polar surface area (TPSA) is 108 Å². The van der Waals surface area contributed by atoms with Gasteiger partial charge in [0.15, 0.2) is 13.2 Å². The molecule has 1 atom stereocenters. The third kappa shape index (κ3) is 4.88. The third-order valence-electron chi connectivity index (χ3n) is 4.57. The number of para-hydroxylation sites is 1. The van der Waals surface area contributed by atoms with Gasteiger partial charge in [0, 0.05) is 0 Å². The van der Waals surface area contributed by atoms with Crippen LogP contribution >= 0.6 is 0 Å². The summed E-state index contributed by atoms with van der Waals surface area (Å²) in [6.07, 6.45) is 2.85. The Balaban J connectivity index is 1.47. The zero-order chi connectivity index (χ0) is 19.9. The van der Waals surface area contributed by atoms with Crippen molar-refractivity contribution >= 4 is 17.8 Å². The lowest BCUT2D eigenvalue weighted by molar-refractivity contribution is -0.150. The number of nitrogens with one attached hydrogen (secondary N) is 1. The quantitative estimate of drug-likeness (QED) is 0.711. The van der Waals surface area contributed by atoms with E-state index in [1.54, 1.807) is 12.1 Å². The summed E-state index contributed by atoms with van der Waals surface area (Å²) in [6.45, 7) is -0.817. The first-order chi connectivity index (χ1) is 13.5. The summed E-state index contributed by atoms with van der Waals surface area (Å²) >= 11 is 0. The van der Waals surface area contributed by atoms with Gasteiger partial charge in [-0.3, -0.25) is 9.59 Å². The number of fused-ring (bicyclic) bond motifs is 1. The lowest BCUT2D eigenvalue weighted by Crippen LogP contribution is -2.34. The summed E-state index contributed by atoms with van der Waals surface area (Å²) in [5.41, 5.74) is 7.77. The molecule has 0 saturated carbocycles. The molecule has 0 fully saturated rings. The van der Waals surface area contributed by atoms with E-state index in [1.165, 1.54) is 17.7 Å². The number of amides is 2. The molecule has 0 radical (unpaired) electrons. The first-order valence-corrected chi connectivity index (χ1v) is 9.09. The van der Waals surface area contributed by atoms with Gasteiger partial charge in [0.2, 0.25) is 0 Å². The monoisotopic (exact) mass is 382 g/mol. The van der Waals surface area contributed by atoms with Crippen LogP contribution in [0.1, 0.15) is 40.4 Å². The molecular formula is C21H22N2O5. The number of hydrogen-bond acceptors (Lipinski definition) is 5. The Morgan fingerprint density at radius 3 is 2.61 bits per heavy atom. The van der Waals surface area contributed by atoms with Gasteiger partial charge >= 0.3 is 5.97 Å². The predicted octanol–water partition coefficient (Wildman–Crippen LogP) is 1.90. The van der Waals surface area contributed by atoms with Crippen LogP contribution < -0.4 is 15.8 Å². The van der Waals surface area contributed by atoms with E-state index in [4.69, 9.17) is 15.2 Å². The number of nitrogens with two attached hydrogens (primary N) is 1. The van der Waals surface area contributed by atoms with Gasteiger partial charge in [0.05, 0.1) is 11.6 Å². The highest BCUT2D eigenvalue weighted by atomic mass is 16.6. The normalized spacial score (nSPS) is 15.2. The van der Waals surface area contributed by atoms with Crippen LogP contribution in [0, 0.1) is 0 Å². The largest absolute Gasteiger partial charge is 0.481 e. The number of ether oxygens (including phenoxy) is 2. The molecule has 0 aromatic heterocycles. The number of benzene rings is 2. The van der Waals surface area contributed by atoms with Crippen molar-refractivity contribution in [3.8, 4) is 5.75 Å². The van der Waals surface area contributed by atoms with Gasteiger partial charge in [0.25, 0.3) is 11.8 Å². The summed E-state index contributed by atoms with van der Waals surface area (Å²) in [5.74, 6) is -1.54. The molecule has 3 N–H and O–H groups in total. The molecule has 0 spiro atoms. The molecule has 2 amide bonds. The van der Waals surface area contributed by atoms with Crippen molar-refractivity contribution in [3.63, 3.8) is 0 Å². The van der Waals surface area contributed by atoms with Crippen LogP contribution in [0.4, 0.5) is 0 Å². The molecule has 1 aliphatic rings. The highest BCUT2D eigenvalue weighted by molar-refractivity contribution is 5.95. The lowest BCUT2D eigenvalue weighted by Gasteiger charge is -2.26. The number of hydrogen-bond donors (Lipinski definition) is 2. The molecule has 0 aliphatic heterocycles. The van der Waals surface area contributed by atoms with E-state index >= 15 is 0 Å². The van der Waals surface area contributed by atoms with Crippen LogP contribution in [0.15, 0.2) is 48.5 Å². The van der Waals surface area contributed by atoms with Crippen LogP contribution in [-0.4, -0.2) is 31.0 Å². The molecule has 7 nitrogen and oxygen atoms in total. The zero-order valence-electron chi connectivity index (χ0n) is 15.4. The summed E-state index contributed by atoms with van der Waals surface area (Å²) in [7, 11) is 0. The molecular weight excluding hydrogens is 360 g/mol. The van der Waals surface area contributed by atoms with Crippen molar-refractivity contribution in [3.05, 3.63) is 65.2 Å². The second-order valence-electron chi connectivity index (χ2n) is 6.52. The lowest BCUT2D eigenvalue weighted by atomic mass is 9.88. The van der Waals surface area contributed by atoms with Gasteiger partial charge in [-0.25, -0.2) is 4.79 Å². The van der Waals surface area contributed by atoms with Crippen molar-refractivity contribution in [1.82, 2.24) is 5.32 Å². The van der Waals surface area contributed by atoms with Crippen molar-refractivity contribution in [2.24, 2.45) is 5.73 Å². The average molecular weight is 382 g/mol. The number of aryl methyl sites for hydroxylation is 1. The smallest absolute Gasteiger partial charge is 0.344 e. The maximum absolute atomic E-state index is 12.2. The van der Waals surface area contributed by atoms with E-state index < -0.39 is 25.1 Å². The second-order valence-corrected chi connectivity index (χ2v) is 6.52. The maximum atomic E-state index is 12.2. The summed E-state index contributed by atoms with van der Waals surface area (Å²) in [4.78, 5) is 35.3. The minimum Gasteiger partial charge on any atom is -0.481 e. The Hall–Kier alpha value is -3.35. The molecule has 2 aromatic rings. The van der Waals surface area contributed by atoms with E-state index in [1.807, 2.05) is 18.2 Å². The SMILES string of the molecule is NC(=O)c1ccccc1OCC(=O)OCC(=O)N[C@H]1CCCc2ccccc21. The fraction of sp³-hybridized carbons (Fsp3) is 0.286. The van der Waals surface area contributed by atoms with E-state index in [-0.39, 0.29) is 23.3 Å². The number of rotatable bonds is 7. The summed E-state index contributed by atoms with van der Waals surface area (Å²) < 4.78 is 10.2. The number of carbonyl (C=O) groups is 3. The van der Waals surface area contributed by atoms with Crippen LogP contribution in [0.3, 0.4) is 0 Å². The first kappa shape index (κ1) is 19.4. The molecule has 7 heteroatoms. The highest BCUT2D eigenvalue weighted by Gasteiger charge is 2.22. The Kier molecular flexibility index (Phi) is 6.26. The molecule has 146 valence electrons. The van der Waals surface area contributed by atoms with Crippen molar-refractivity contribution in [2.45, 2.75) is 25.3 Å². The second kappa shape index (κ2) is 9.03. The molecule has 0 unspecified atom stereocenters. The molecule has 0 saturated heterocycles. The van der Waals surface area contributed by atoms with Crippen molar-refractivity contribution in [2.75, 3.05) is 13.2 Å². The number of esters is 1. The fourth-order valence-corrected chi connectivity index (χ4v) is 3.26. The zero-order valence-corrected chi connectivity index (χ0v) is 15.4. The van der Waals surface area contributed by atoms with E-state index in [0.717, 1.165) is 24.8 Å². The maximum Gasteiger partial charge on any atom is 0.344 e. The minimum absolute atomic E-state index is 0.0742. The van der Waals surface area contributed by atoms with Gasteiger partial charge in [-0.1, -0.05) is 36.4 Å². The predicted molar refractivity (Wildman–Crippen MR) is 102 cm³/mol. The average Bonchev–Trinajstić information content (AvgIpc) is 2.71. The first-order valence-electron chi connectivity index (χ1n) is 9.09. The Morgan fingerprint density at radius 2 is 1.79 bits per heavy atom. The third-order valence-corrected chi connectivity index (χ3v) is 4.57. The number of primary amides is 1. The van der Waals surface area contributed by atoms with Gasteiger partial charge < -0.3 is 20.5 Å². The van der Waals surface area contributed by atoms with E-state index in [2.05, 4.69) is 11.4 Å². The Bertz CT molecular complexity index is 881. The van der Waals surface area contributed by atoms with Crippen LogP contribution in [0.5, 0.6) is 5.75 Å². The van der Waals surface area contributed by atoms with Crippen LogP contribution in [-0.2, 0) is 20.7 Å². The van der Waals surface area contributed by atoms with E-state index in [0.29, 0.717) is 0 Å².